The fourth-order valence-electron chi connectivity index (χ4n) is 3.65. The molecule has 3 rings (SSSR count). The van der Waals surface area contributed by atoms with Gasteiger partial charge in [-0.15, -0.1) is 0 Å². The second-order valence-corrected chi connectivity index (χ2v) is 7.50. The molecule has 0 spiro atoms. The standard InChI is InChI=1S/C19H28N4O3/c1-12-18(14(3)24)13(2)20-19(12)16(25)10-22-6-8-23(9-7-22)11-17(26)21-15-4-5-15/h15,20H,4-11H2,1-3H3,(H,21,26). The number of carbonyl (C=O) groups is 3. The van der Waals surface area contributed by atoms with Gasteiger partial charge in [0.15, 0.2) is 11.6 Å². The highest BCUT2D eigenvalue weighted by Gasteiger charge is 2.26. The number of carbonyl (C=O) groups excluding carboxylic acids is 3. The van der Waals surface area contributed by atoms with E-state index in [2.05, 4.69) is 20.1 Å². The van der Waals surface area contributed by atoms with Gasteiger partial charge in [-0.3, -0.25) is 24.2 Å². The molecular formula is C19H28N4O3. The number of Topliss-reactive ketones (excluding diaryl/α,β-unsaturated/α-hetero) is 2. The van der Waals surface area contributed by atoms with Crippen molar-refractivity contribution in [1.82, 2.24) is 20.1 Å². The summed E-state index contributed by atoms with van der Waals surface area (Å²) >= 11 is 0. The molecule has 0 unspecified atom stereocenters. The fraction of sp³-hybridized carbons (Fsp3) is 0.632. The van der Waals surface area contributed by atoms with Gasteiger partial charge in [0.2, 0.25) is 5.91 Å². The zero-order chi connectivity index (χ0) is 18.8. The van der Waals surface area contributed by atoms with Crippen molar-refractivity contribution < 1.29 is 14.4 Å². The first-order valence-electron chi connectivity index (χ1n) is 9.32. The number of nitrogens with zero attached hydrogens (tertiary/aromatic N) is 2. The van der Waals surface area contributed by atoms with Gasteiger partial charge in [-0.1, -0.05) is 0 Å². The lowest BCUT2D eigenvalue weighted by Crippen LogP contribution is -2.50. The van der Waals surface area contributed by atoms with Crippen LogP contribution in [0.15, 0.2) is 0 Å². The minimum absolute atomic E-state index is 0.0121. The van der Waals surface area contributed by atoms with Crippen molar-refractivity contribution in [3.8, 4) is 0 Å². The maximum atomic E-state index is 12.6. The largest absolute Gasteiger partial charge is 0.355 e. The molecule has 142 valence electrons. The van der Waals surface area contributed by atoms with E-state index in [4.69, 9.17) is 0 Å². The molecule has 1 aromatic heterocycles. The smallest absolute Gasteiger partial charge is 0.234 e. The number of aromatic amines is 1. The molecule has 2 N–H and O–H groups in total. The SMILES string of the molecule is CC(=O)c1c(C)[nH]c(C(=O)CN2CCN(CC(=O)NC3CC3)CC2)c1C. The Hall–Kier alpha value is -1.99. The van der Waals surface area contributed by atoms with Crippen LogP contribution >= 0.6 is 0 Å². The van der Waals surface area contributed by atoms with Gasteiger partial charge >= 0.3 is 0 Å². The number of hydrogen-bond acceptors (Lipinski definition) is 5. The van der Waals surface area contributed by atoms with Crippen molar-refractivity contribution >= 4 is 17.5 Å². The molecule has 2 fully saturated rings. The van der Waals surface area contributed by atoms with Gasteiger partial charge in [0.1, 0.15) is 0 Å². The Morgan fingerprint density at radius 3 is 2.12 bits per heavy atom. The molecule has 7 heteroatoms. The average molecular weight is 360 g/mol. The predicted molar refractivity (Wildman–Crippen MR) is 98.6 cm³/mol. The molecule has 26 heavy (non-hydrogen) atoms. The van der Waals surface area contributed by atoms with Crippen molar-refractivity contribution in [1.29, 1.82) is 0 Å². The normalized spacial score (nSPS) is 18.7. The quantitative estimate of drug-likeness (QED) is 0.706. The van der Waals surface area contributed by atoms with Gasteiger partial charge in [-0.25, -0.2) is 0 Å². The van der Waals surface area contributed by atoms with Gasteiger partial charge < -0.3 is 10.3 Å². The van der Waals surface area contributed by atoms with Gasteiger partial charge in [0, 0.05) is 43.5 Å². The van der Waals surface area contributed by atoms with Gasteiger partial charge in [-0.2, -0.15) is 0 Å². The van der Waals surface area contributed by atoms with Crippen LogP contribution in [0.1, 0.15) is 51.9 Å². The van der Waals surface area contributed by atoms with Crippen LogP contribution in [0.4, 0.5) is 0 Å². The molecule has 1 amide bonds. The van der Waals surface area contributed by atoms with Crippen molar-refractivity contribution in [3.05, 3.63) is 22.5 Å². The molecule has 0 aromatic carbocycles. The Morgan fingerprint density at radius 2 is 1.62 bits per heavy atom. The lowest BCUT2D eigenvalue weighted by atomic mass is 10.1. The summed E-state index contributed by atoms with van der Waals surface area (Å²) in [4.78, 5) is 43.6. The zero-order valence-corrected chi connectivity index (χ0v) is 15.9. The number of H-pyrrole nitrogens is 1. The second kappa shape index (κ2) is 7.72. The molecule has 7 nitrogen and oxygen atoms in total. The van der Waals surface area contributed by atoms with Gasteiger partial charge in [0.25, 0.3) is 0 Å². The van der Waals surface area contributed by atoms with E-state index in [9.17, 15) is 14.4 Å². The van der Waals surface area contributed by atoms with Crippen molar-refractivity contribution in [2.45, 2.75) is 39.7 Å². The molecule has 1 aliphatic carbocycles. The Bertz CT molecular complexity index is 713. The van der Waals surface area contributed by atoms with Crippen LogP contribution in [-0.2, 0) is 4.79 Å². The minimum atomic E-state index is -0.0200. The summed E-state index contributed by atoms with van der Waals surface area (Å²) in [6, 6.07) is 0.397. The van der Waals surface area contributed by atoms with E-state index in [0.717, 1.165) is 50.3 Å². The molecule has 0 bridgehead atoms. The van der Waals surface area contributed by atoms with Crippen molar-refractivity contribution in [2.75, 3.05) is 39.3 Å². The van der Waals surface area contributed by atoms with E-state index in [-0.39, 0.29) is 17.5 Å². The Morgan fingerprint density at radius 1 is 1.04 bits per heavy atom. The van der Waals surface area contributed by atoms with Crippen LogP contribution in [-0.4, -0.2) is 77.6 Å². The summed E-state index contributed by atoms with van der Waals surface area (Å²) in [6.07, 6.45) is 2.20. The highest BCUT2D eigenvalue weighted by Crippen LogP contribution is 2.20. The molecule has 0 atom stereocenters. The van der Waals surface area contributed by atoms with Gasteiger partial charge in [0.05, 0.1) is 18.8 Å². The molecule has 1 saturated heterocycles. The van der Waals surface area contributed by atoms with Crippen LogP contribution in [0.2, 0.25) is 0 Å². The highest BCUT2D eigenvalue weighted by atomic mass is 16.2. The molecule has 0 radical (unpaired) electrons. The van der Waals surface area contributed by atoms with Crippen LogP contribution in [0.25, 0.3) is 0 Å². The van der Waals surface area contributed by atoms with E-state index in [1.54, 1.807) is 0 Å². The number of hydrogen-bond donors (Lipinski definition) is 2. The predicted octanol–water partition coefficient (Wildman–Crippen LogP) is 0.913. The average Bonchev–Trinajstić information content (AvgIpc) is 3.32. The molecule has 1 saturated carbocycles. The number of rotatable bonds is 7. The third-order valence-electron chi connectivity index (χ3n) is 5.21. The monoisotopic (exact) mass is 360 g/mol. The lowest BCUT2D eigenvalue weighted by molar-refractivity contribution is -0.122. The number of amides is 1. The van der Waals surface area contributed by atoms with Crippen LogP contribution in [0, 0.1) is 13.8 Å². The lowest BCUT2D eigenvalue weighted by Gasteiger charge is -2.33. The number of nitrogens with one attached hydrogen (secondary N) is 2. The first-order chi connectivity index (χ1) is 12.3. The molecule has 1 aliphatic heterocycles. The fourth-order valence-corrected chi connectivity index (χ4v) is 3.65. The number of aromatic nitrogens is 1. The maximum absolute atomic E-state index is 12.6. The Balaban J connectivity index is 1.49. The Labute approximate surface area is 154 Å². The molecule has 2 heterocycles. The topological polar surface area (TPSA) is 85.5 Å². The zero-order valence-electron chi connectivity index (χ0n) is 15.9. The van der Waals surface area contributed by atoms with E-state index < -0.39 is 0 Å². The summed E-state index contributed by atoms with van der Waals surface area (Å²) in [5.74, 6) is 0.0951. The highest BCUT2D eigenvalue weighted by molar-refractivity contribution is 6.03. The van der Waals surface area contributed by atoms with Gasteiger partial charge in [-0.05, 0) is 39.2 Å². The number of aryl methyl sites for hydroxylation is 1. The molecular weight excluding hydrogens is 332 g/mol. The van der Waals surface area contributed by atoms with E-state index >= 15 is 0 Å². The minimum Gasteiger partial charge on any atom is -0.355 e. The first kappa shape index (κ1) is 18.8. The van der Waals surface area contributed by atoms with E-state index in [1.165, 1.54) is 6.92 Å². The molecule has 1 aromatic rings. The first-order valence-corrected chi connectivity index (χ1v) is 9.32. The second-order valence-electron chi connectivity index (χ2n) is 7.50. The molecule has 2 aliphatic rings. The summed E-state index contributed by atoms with van der Waals surface area (Å²) in [5.41, 5.74) is 2.67. The third-order valence-corrected chi connectivity index (χ3v) is 5.21. The third kappa shape index (κ3) is 4.40. The summed E-state index contributed by atoms with van der Waals surface area (Å²) in [6.45, 7) is 9.04. The van der Waals surface area contributed by atoms with Crippen molar-refractivity contribution in [3.63, 3.8) is 0 Å². The van der Waals surface area contributed by atoms with Crippen LogP contribution in [0.5, 0.6) is 0 Å². The van der Waals surface area contributed by atoms with Crippen LogP contribution in [0.3, 0.4) is 0 Å². The van der Waals surface area contributed by atoms with E-state index in [1.807, 2.05) is 13.8 Å². The Kier molecular flexibility index (Phi) is 5.58. The number of ketones is 2. The van der Waals surface area contributed by atoms with Crippen molar-refractivity contribution in [2.24, 2.45) is 0 Å². The summed E-state index contributed by atoms with van der Waals surface area (Å²) < 4.78 is 0. The number of piperazine rings is 1. The maximum Gasteiger partial charge on any atom is 0.234 e. The van der Waals surface area contributed by atoms with Crippen LogP contribution < -0.4 is 5.32 Å². The summed E-state index contributed by atoms with van der Waals surface area (Å²) in [7, 11) is 0. The summed E-state index contributed by atoms with van der Waals surface area (Å²) in [5, 5.41) is 3.01. The van der Waals surface area contributed by atoms with E-state index in [0.29, 0.717) is 30.4 Å².